The van der Waals surface area contributed by atoms with Gasteiger partial charge in [0.25, 0.3) is 0 Å². The Morgan fingerprint density at radius 1 is 1.57 bits per heavy atom. The Morgan fingerprint density at radius 2 is 1.93 bits per heavy atom. The van der Waals surface area contributed by atoms with Gasteiger partial charge in [-0.1, -0.05) is 0 Å². The molecule has 0 aromatic rings. The summed E-state index contributed by atoms with van der Waals surface area (Å²) in [4.78, 5) is 28.1. The van der Waals surface area contributed by atoms with Crippen LogP contribution in [-0.2, 0) is 9.36 Å². The molecule has 0 aromatic carbocycles. The van der Waals surface area contributed by atoms with Crippen molar-refractivity contribution in [2.45, 2.75) is 5.78 Å². The molecule has 14 heavy (non-hydrogen) atoms. The number of hydrogen-bond donors (Lipinski definition) is 5. The summed E-state index contributed by atoms with van der Waals surface area (Å²) in [6.07, 6.45) is 0. The first-order valence-electron chi connectivity index (χ1n) is 3.02. The normalized spacial score (nSPS) is 12.5. The molecule has 0 aliphatic heterocycles. The van der Waals surface area contributed by atoms with E-state index < -0.39 is 25.3 Å². The highest BCUT2D eigenvalue weighted by Crippen LogP contribution is 2.42. The van der Waals surface area contributed by atoms with Gasteiger partial charge in [-0.3, -0.25) is 9.97 Å². The number of nitrogens with zero attached hydrogens (tertiary/aromatic N) is 1. The third-order valence-electron chi connectivity index (χ3n) is 1.29. The molecule has 0 aliphatic rings. The number of nitrogens with one attached hydrogen (secondary N) is 1. The number of aliphatic carboxylic acids is 1. The molecule has 0 aromatic heterocycles. The average Bonchev–Trinajstić information content (AvgIpc) is 1.82. The Hall–Kier alpha value is -1.15. The van der Waals surface area contributed by atoms with E-state index in [0.717, 1.165) is 7.05 Å². The standard InChI is InChI=1S/C4H10N3O5P.H2O/c1-7(4(5)6)2(3(8)9)13(10,11)12;/h2H,1H3,(H3,5,6)(H,8,9)(H2,10,11,12);1H2. The summed E-state index contributed by atoms with van der Waals surface area (Å²) in [6, 6.07) is 0. The van der Waals surface area contributed by atoms with E-state index in [-0.39, 0.29) is 5.48 Å². The van der Waals surface area contributed by atoms with Gasteiger partial charge in [0, 0.05) is 7.05 Å². The van der Waals surface area contributed by atoms with Gasteiger partial charge in [0.05, 0.1) is 0 Å². The molecule has 8 N–H and O–H groups in total. The predicted octanol–water partition coefficient (Wildman–Crippen LogP) is -2.42. The molecule has 0 saturated carbocycles. The molecule has 9 nitrogen and oxygen atoms in total. The zero-order valence-electron chi connectivity index (χ0n) is 7.21. The van der Waals surface area contributed by atoms with Crippen LogP contribution in [0, 0.1) is 5.41 Å². The van der Waals surface area contributed by atoms with Crippen molar-refractivity contribution in [3.8, 4) is 0 Å². The number of likely N-dealkylation sites (N-methyl/N-ethyl adjacent to an activating group) is 1. The lowest BCUT2D eigenvalue weighted by Gasteiger charge is -2.24. The van der Waals surface area contributed by atoms with Crippen molar-refractivity contribution in [1.82, 2.24) is 4.90 Å². The minimum atomic E-state index is -4.84. The topological polar surface area (TPSA) is 179 Å². The molecule has 0 bridgehead atoms. The number of nitrogens with two attached hydrogens (primary N) is 1. The quantitative estimate of drug-likeness (QED) is 0.202. The van der Waals surface area contributed by atoms with E-state index in [9.17, 15) is 9.36 Å². The predicted molar refractivity (Wildman–Crippen MR) is 46.8 cm³/mol. The van der Waals surface area contributed by atoms with Crippen molar-refractivity contribution < 1.29 is 29.7 Å². The highest BCUT2D eigenvalue weighted by atomic mass is 31.2. The van der Waals surface area contributed by atoms with Crippen molar-refractivity contribution in [3.63, 3.8) is 0 Å². The molecule has 0 heterocycles. The average molecular weight is 229 g/mol. The van der Waals surface area contributed by atoms with Gasteiger partial charge in [-0.15, -0.1) is 0 Å². The summed E-state index contributed by atoms with van der Waals surface area (Å²) in [5, 5.41) is 15.2. The lowest BCUT2D eigenvalue weighted by atomic mass is 10.6. The molecule has 0 amide bonds. The van der Waals surface area contributed by atoms with Gasteiger partial charge in [-0.2, -0.15) is 0 Å². The number of rotatable bonds is 3. The molecule has 10 heteroatoms. The maximum atomic E-state index is 10.6. The van der Waals surface area contributed by atoms with Crippen LogP contribution >= 0.6 is 7.60 Å². The SMILES string of the molecule is CN(C(=N)N)C(C(=O)O)P(=O)(O)O.O. The van der Waals surface area contributed by atoms with E-state index in [1.54, 1.807) is 0 Å². The molecule has 1 atom stereocenters. The van der Waals surface area contributed by atoms with Gasteiger partial charge in [0.15, 0.2) is 5.96 Å². The van der Waals surface area contributed by atoms with Gasteiger partial charge in [0.1, 0.15) is 0 Å². The maximum absolute atomic E-state index is 10.6. The van der Waals surface area contributed by atoms with Gasteiger partial charge in [-0.05, 0) is 0 Å². The van der Waals surface area contributed by atoms with Gasteiger partial charge >= 0.3 is 13.6 Å². The Kier molecular flexibility index (Phi) is 5.38. The largest absolute Gasteiger partial charge is 0.479 e. The fourth-order valence-corrected chi connectivity index (χ4v) is 1.53. The molecule has 0 spiro atoms. The summed E-state index contributed by atoms with van der Waals surface area (Å²) in [7, 11) is -3.82. The van der Waals surface area contributed by atoms with Crippen molar-refractivity contribution in [2.24, 2.45) is 5.73 Å². The number of hydrogen-bond acceptors (Lipinski definition) is 3. The number of carboxylic acid groups (broad SMARTS) is 1. The summed E-state index contributed by atoms with van der Waals surface area (Å²) < 4.78 is 10.6. The first-order chi connectivity index (χ1) is 5.68. The first kappa shape index (κ1) is 15.3. The third-order valence-corrected chi connectivity index (χ3v) is 2.49. The van der Waals surface area contributed by atoms with Crippen molar-refractivity contribution >= 4 is 19.5 Å². The molecule has 0 fully saturated rings. The number of carbonyl (C=O) groups is 1. The molecule has 0 saturated heterocycles. The molecular weight excluding hydrogens is 217 g/mol. The van der Waals surface area contributed by atoms with Crippen LogP contribution in [0.2, 0.25) is 0 Å². The fraction of sp³-hybridized carbons (Fsp3) is 0.500. The summed E-state index contributed by atoms with van der Waals surface area (Å²) in [6.45, 7) is 0. The van der Waals surface area contributed by atoms with Crippen LogP contribution in [0.3, 0.4) is 0 Å². The molecule has 1 unspecified atom stereocenters. The lowest BCUT2D eigenvalue weighted by molar-refractivity contribution is -0.139. The zero-order chi connectivity index (χ0) is 10.8. The Bertz CT molecular complexity index is 274. The second kappa shape index (κ2) is 4.91. The molecule has 84 valence electrons. The molecule has 0 rings (SSSR count). The van der Waals surface area contributed by atoms with Crippen LogP contribution in [0.25, 0.3) is 0 Å². The van der Waals surface area contributed by atoms with Crippen molar-refractivity contribution in [2.75, 3.05) is 7.05 Å². The Balaban J connectivity index is 0. The number of carboxylic acids is 1. The monoisotopic (exact) mass is 229 g/mol. The van der Waals surface area contributed by atoms with E-state index in [4.69, 9.17) is 26.0 Å². The first-order valence-corrected chi connectivity index (χ1v) is 4.71. The van der Waals surface area contributed by atoms with Crippen molar-refractivity contribution in [3.05, 3.63) is 0 Å². The van der Waals surface area contributed by atoms with Crippen LogP contribution < -0.4 is 5.73 Å². The second-order valence-electron chi connectivity index (χ2n) is 2.30. The molecule has 0 radical (unpaired) electrons. The maximum Gasteiger partial charge on any atom is 0.359 e. The van der Waals surface area contributed by atoms with Gasteiger partial charge in [-0.25, -0.2) is 4.79 Å². The molecular formula is C4H12N3O6P. The van der Waals surface area contributed by atoms with E-state index in [1.807, 2.05) is 0 Å². The lowest BCUT2D eigenvalue weighted by Crippen LogP contribution is -2.45. The molecule has 0 aliphatic carbocycles. The Labute approximate surface area is 79.1 Å². The Morgan fingerprint density at radius 3 is 2.00 bits per heavy atom. The second-order valence-corrected chi connectivity index (χ2v) is 3.96. The smallest absolute Gasteiger partial charge is 0.359 e. The number of guanidine groups is 1. The van der Waals surface area contributed by atoms with Crippen molar-refractivity contribution in [1.29, 1.82) is 5.41 Å². The van der Waals surface area contributed by atoms with E-state index in [1.165, 1.54) is 0 Å². The van der Waals surface area contributed by atoms with E-state index in [0.29, 0.717) is 4.90 Å². The van der Waals surface area contributed by atoms with E-state index in [2.05, 4.69) is 0 Å². The fourth-order valence-electron chi connectivity index (χ4n) is 0.667. The van der Waals surface area contributed by atoms with Crippen LogP contribution in [0.4, 0.5) is 0 Å². The van der Waals surface area contributed by atoms with Crippen LogP contribution in [-0.4, -0.2) is 50.0 Å². The highest BCUT2D eigenvalue weighted by Gasteiger charge is 2.40. The summed E-state index contributed by atoms with van der Waals surface area (Å²) >= 11 is 0. The summed E-state index contributed by atoms with van der Waals surface area (Å²) in [5.41, 5.74) is 4.87. The minimum absolute atomic E-state index is 0. The van der Waals surface area contributed by atoms with Crippen LogP contribution in [0.15, 0.2) is 0 Å². The van der Waals surface area contributed by atoms with Crippen LogP contribution in [0.1, 0.15) is 0 Å². The van der Waals surface area contributed by atoms with Crippen LogP contribution in [0.5, 0.6) is 0 Å². The summed E-state index contributed by atoms with van der Waals surface area (Å²) in [5.74, 6) is -4.56. The highest BCUT2D eigenvalue weighted by molar-refractivity contribution is 7.53. The minimum Gasteiger partial charge on any atom is -0.479 e. The van der Waals surface area contributed by atoms with Gasteiger partial charge in [0.2, 0.25) is 5.78 Å². The van der Waals surface area contributed by atoms with Gasteiger partial charge < -0.3 is 31.0 Å². The van der Waals surface area contributed by atoms with E-state index >= 15 is 0 Å². The third kappa shape index (κ3) is 3.71. The zero-order valence-corrected chi connectivity index (χ0v) is 8.10.